The Morgan fingerprint density at radius 2 is 1.73 bits per heavy atom. The molecule has 1 nitrogen and oxygen atoms in total. The SMILES string of the molecule is Cc1ccc(C(C)(C)C)cc1NC(C)C. The van der Waals surface area contributed by atoms with Crippen molar-refractivity contribution in [2.45, 2.75) is 53.0 Å². The van der Waals surface area contributed by atoms with E-state index < -0.39 is 0 Å². The molecule has 84 valence electrons. The summed E-state index contributed by atoms with van der Waals surface area (Å²) in [7, 11) is 0. The Morgan fingerprint density at radius 3 is 2.20 bits per heavy atom. The molecule has 0 aromatic heterocycles. The van der Waals surface area contributed by atoms with E-state index in [2.05, 4.69) is 65.1 Å². The Kier molecular flexibility index (Phi) is 3.43. The number of aryl methyl sites for hydroxylation is 1. The molecule has 0 bridgehead atoms. The van der Waals surface area contributed by atoms with Crippen LogP contribution in [0.5, 0.6) is 0 Å². The lowest BCUT2D eigenvalue weighted by Gasteiger charge is -2.22. The summed E-state index contributed by atoms with van der Waals surface area (Å²) in [6.07, 6.45) is 0. The Morgan fingerprint density at radius 1 is 1.13 bits per heavy atom. The fourth-order valence-corrected chi connectivity index (χ4v) is 1.56. The van der Waals surface area contributed by atoms with Crippen molar-refractivity contribution >= 4 is 5.69 Å². The minimum absolute atomic E-state index is 0.223. The predicted molar refractivity (Wildman–Crippen MR) is 68.6 cm³/mol. The van der Waals surface area contributed by atoms with Crippen molar-refractivity contribution in [1.29, 1.82) is 0 Å². The van der Waals surface area contributed by atoms with Gasteiger partial charge in [-0.05, 0) is 43.4 Å². The zero-order valence-corrected chi connectivity index (χ0v) is 10.8. The summed E-state index contributed by atoms with van der Waals surface area (Å²) in [6, 6.07) is 7.18. The fourth-order valence-electron chi connectivity index (χ4n) is 1.56. The molecule has 0 saturated carbocycles. The van der Waals surface area contributed by atoms with Gasteiger partial charge in [0.2, 0.25) is 0 Å². The summed E-state index contributed by atoms with van der Waals surface area (Å²) in [5, 5.41) is 3.49. The van der Waals surface area contributed by atoms with E-state index in [1.165, 1.54) is 16.8 Å². The highest BCUT2D eigenvalue weighted by Crippen LogP contribution is 2.27. The van der Waals surface area contributed by atoms with Crippen molar-refractivity contribution in [1.82, 2.24) is 0 Å². The molecule has 0 aliphatic rings. The first-order chi connectivity index (χ1) is 6.80. The van der Waals surface area contributed by atoms with Gasteiger partial charge >= 0.3 is 0 Å². The van der Waals surface area contributed by atoms with Crippen LogP contribution in [-0.4, -0.2) is 6.04 Å². The molecule has 0 radical (unpaired) electrons. The highest BCUT2D eigenvalue weighted by molar-refractivity contribution is 5.54. The van der Waals surface area contributed by atoms with Gasteiger partial charge in [-0.2, -0.15) is 0 Å². The molecule has 1 N–H and O–H groups in total. The third kappa shape index (κ3) is 3.26. The van der Waals surface area contributed by atoms with Gasteiger partial charge in [0.15, 0.2) is 0 Å². The van der Waals surface area contributed by atoms with E-state index in [9.17, 15) is 0 Å². The van der Waals surface area contributed by atoms with E-state index >= 15 is 0 Å². The van der Waals surface area contributed by atoms with Gasteiger partial charge in [0, 0.05) is 11.7 Å². The standard InChI is InChI=1S/C14H23N/c1-10(2)15-13-9-12(14(4,5)6)8-7-11(13)3/h7-10,15H,1-6H3. The lowest BCUT2D eigenvalue weighted by molar-refractivity contribution is 0.590. The molecule has 0 saturated heterocycles. The molecule has 15 heavy (non-hydrogen) atoms. The molecular formula is C14H23N. The average molecular weight is 205 g/mol. The summed E-state index contributed by atoms with van der Waals surface area (Å²) < 4.78 is 0. The number of nitrogens with one attached hydrogen (secondary N) is 1. The molecule has 0 unspecified atom stereocenters. The maximum atomic E-state index is 3.49. The van der Waals surface area contributed by atoms with Crippen molar-refractivity contribution < 1.29 is 0 Å². The molecule has 1 aromatic carbocycles. The smallest absolute Gasteiger partial charge is 0.0374 e. The van der Waals surface area contributed by atoms with Crippen LogP contribution >= 0.6 is 0 Å². The van der Waals surface area contributed by atoms with Crippen LogP contribution in [0.15, 0.2) is 18.2 Å². The summed E-state index contributed by atoms with van der Waals surface area (Å²) >= 11 is 0. The van der Waals surface area contributed by atoms with Crippen LogP contribution in [0.3, 0.4) is 0 Å². The van der Waals surface area contributed by atoms with Crippen LogP contribution < -0.4 is 5.32 Å². The van der Waals surface area contributed by atoms with Crippen molar-refractivity contribution in [2.75, 3.05) is 5.32 Å². The van der Waals surface area contributed by atoms with Crippen LogP contribution in [0.25, 0.3) is 0 Å². The molecule has 1 rings (SSSR count). The highest BCUT2D eigenvalue weighted by atomic mass is 14.9. The second-order valence-corrected chi connectivity index (χ2v) is 5.58. The molecule has 1 heteroatoms. The normalized spacial score (nSPS) is 11.9. The lowest BCUT2D eigenvalue weighted by atomic mass is 9.86. The topological polar surface area (TPSA) is 12.0 Å². The number of hydrogen-bond acceptors (Lipinski definition) is 1. The van der Waals surface area contributed by atoms with Gasteiger partial charge < -0.3 is 5.32 Å². The molecule has 0 amide bonds. The predicted octanol–water partition coefficient (Wildman–Crippen LogP) is 4.11. The quantitative estimate of drug-likeness (QED) is 0.766. The van der Waals surface area contributed by atoms with Gasteiger partial charge in [0.25, 0.3) is 0 Å². The van der Waals surface area contributed by atoms with Gasteiger partial charge in [-0.25, -0.2) is 0 Å². The third-order valence-corrected chi connectivity index (χ3v) is 2.55. The summed E-state index contributed by atoms with van der Waals surface area (Å²) in [4.78, 5) is 0. The summed E-state index contributed by atoms with van der Waals surface area (Å²) in [6.45, 7) is 13.2. The first-order valence-electron chi connectivity index (χ1n) is 5.68. The van der Waals surface area contributed by atoms with E-state index in [1.54, 1.807) is 0 Å². The molecule has 0 aliphatic carbocycles. The van der Waals surface area contributed by atoms with E-state index in [-0.39, 0.29) is 5.41 Å². The van der Waals surface area contributed by atoms with E-state index in [0.29, 0.717) is 6.04 Å². The van der Waals surface area contributed by atoms with Crippen molar-refractivity contribution in [3.63, 3.8) is 0 Å². The number of hydrogen-bond donors (Lipinski definition) is 1. The number of rotatable bonds is 2. The maximum Gasteiger partial charge on any atom is 0.0374 e. The van der Waals surface area contributed by atoms with Crippen LogP contribution in [0, 0.1) is 6.92 Å². The second-order valence-electron chi connectivity index (χ2n) is 5.58. The maximum absolute atomic E-state index is 3.49. The molecule has 1 aromatic rings. The first kappa shape index (κ1) is 12.1. The largest absolute Gasteiger partial charge is 0.383 e. The lowest BCUT2D eigenvalue weighted by Crippen LogP contribution is -2.14. The monoisotopic (exact) mass is 205 g/mol. The second kappa shape index (κ2) is 4.26. The summed E-state index contributed by atoms with van der Waals surface area (Å²) in [5.41, 5.74) is 4.19. The Labute approximate surface area is 93.9 Å². The van der Waals surface area contributed by atoms with Crippen molar-refractivity contribution in [3.05, 3.63) is 29.3 Å². The van der Waals surface area contributed by atoms with Crippen LogP contribution in [-0.2, 0) is 5.41 Å². The molecule has 0 fully saturated rings. The minimum Gasteiger partial charge on any atom is -0.383 e. The number of benzene rings is 1. The molecule has 0 spiro atoms. The van der Waals surface area contributed by atoms with Gasteiger partial charge in [0.05, 0.1) is 0 Å². The molecule has 0 aliphatic heterocycles. The van der Waals surface area contributed by atoms with Crippen molar-refractivity contribution in [3.8, 4) is 0 Å². The van der Waals surface area contributed by atoms with Gasteiger partial charge in [-0.15, -0.1) is 0 Å². The number of anilines is 1. The molecule has 0 heterocycles. The van der Waals surface area contributed by atoms with E-state index in [1.807, 2.05) is 0 Å². The Balaban J connectivity index is 3.06. The van der Waals surface area contributed by atoms with E-state index in [0.717, 1.165) is 0 Å². The zero-order chi connectivity index (χ0) is 11.6. The molecule has 0 atom stereocenters. The van der Waals surface area contributed by atoms with Gasteiger partial charge in [0.1, 0.15) is 0 Å². The highest BCUT2D eigenvalue weighted by Gasteiger charge is 2.14. The zero-order valence-electron chi connectivity index (χ0n) is 10.8. The summed E-state index contributed by atoms with van der Waals surface area (Å²) in [5.74, 6) is 0. The van der Waals surface area contributed by atoms with Crippen molar-refractivity contribution in [2.24, 2.45) is 0 Å². The van der Waals surface area contributed by atoms with Gasteiger partial charge in [-0.1, -0.05) is 32.9 Å². The van der Waals surface area contributed by atoms with Crippen LogP contribution in [0.2, 0.25) is 0 Å². The molecular weight excluding hydrogens is 182 g/mol. The van der Waals surface area contributed by atoms with Gasteiger partial charge in [-0.3, -0.25) is 0 Å². The first-order valence-corrected chi connectivity index (χ1v) is 5.68. The Hall–Kier alpha value is -0.980. The van der Waals surface area contributed by atoms with Crippen LogP contribution in [0.4, 0.5) is 5.69 Å². The minimum atomic E-state index is 0.223. The van der Waals surface area contributed by atoms with Crippen LogP contribution in [0.1, 0.15) is 45.7 Å². The van der Waals surface area contributed by atoms with E-state index in [4.69, 9.17) is 0 Å². The third-order valence-electron chi connectivity index (χ3n) is 2.55. The fraction of sp³-hybridized carbons (Fsp3) is 0.571. The average Bonchev–Trinajstić information content (AvgIpc) is 2.06. The Bertz CT molecular complexity index is 332.